The molecular formula is C39H31NO2S. The lowest BCUT2D eigenvalue weighted by Crippen LogP contribution is -1.88. The van der Waals surface area contributed by atoms with Crippen LogP contribution >= 0.6 is 11.3 Å². The highest BCUT2D eigenvalue weighted by Crippen LogP contribution is 2.44. The fourth-order valence-electron chi connectivity index (χ4n) is 5.82. The Morgan fingerprint density at radius 3 is 2.26 bits per heavy atom. The monoisotopic (exact) mass is 577 g/mol. The average molecular weight is 578 g/mol. The molecule has 2 aromatic heterocycles. The van der Waals surface area contributed by atoms with E-state index in [2.05, 4.69) is 66.9 Å². The van der Waals surface area contributed by atoms with Crippen LogP contribution in [0.1, 0.15) is 41.2 Å². The van der Waals surface area contributed by atoms with Crippen molar-refractivity contribution in [2.75, 3.05) is 0 Å². The van der Waals surface area contributed by atoms with Crippen LogP contribution in [0.5, 0.6) is 0 Å². The van der Waals surface area contributed by atoms with Gasteiger partial charge in [0.25, 0.3) is 0 Å². The van der Waals surface area contributed by atoms with Crippen LogP contribution in [0.15, 0.2) is 108 Å². The summed E-state index contributed by atoms with van der Waals surface area (Å²) in [5, 5.41) is 5.56. The van der Waals surface area contributed by atoms with E-state index in [4.69, 9.17) is 4.42 Å². The van der Waals surface area contributed by atoms with Crippen molar-refractivity contribution >= 4 is 62.4 Å². The van der Waals surface area contributed by atoms with Crippen molar-refractivity contribution in [3.05, 3.63) is 130 Å². The smallest absolute Gasteiger partial charge is 0.136 e. The number of hydrogen-bond donors (Lipinski definition) is 0. The van der Waals surface area contributed by atoms with Crippen LogP contribution in [0.2, 0.25) is 0 Å². The Kier molecular flexibility index (Phi) is 7.62. The van der Waals surface area contributed by atoms with E-state index < -0.39 is 0 Å². The van der Waals surface area contributed by atoms with Gasteiger partial charge in [-0.3, -0.25) is 0 Å². The Bertz CT molecular complexity index is 2120. The van der Waals surface area contributed by atoms with E-state index in [-0.39, 0.29) is 0 Å². The quantitative estimate of drug-likeness (QED) is 0.169. The fourth-order valence-corrected chi connectivity index (χ4v) is 6.90. The summed E-state index contributed by atoms with van der Waals surface area (Å²) in [6.45, 7) is 14.2. The second-order valence-corrected chi connectivity index (χ2v) is 11.5. The van der Waals surface area contributed by atoms with Crippen molar-refractivity contribution in [3.63, 3.8) is 0 Å². The fraction of sp³-hybridized carbons (Fsp3) is 0.0769. The third-order valence-electron chi connectivity index (χ3n) is 7.83. The minimum absolute atomic E-state index is 0.411. The van der Waals surface area contributed by atoms with E-state index in [0.29, 0.717) is 5.69 Å². The van der Waals surface area contributed by atoms with Crippen LogP contribution < -0.4 is 0 Å². The summed E-state index contributed by atoms with van der Waals surface area (Å²) in [7, 11) is 0. The average Bonchev–Trinajstić information content (AvgIpc) is 3.57. The number of benzene rings is 4. The van der Waals surface area contributed by atoms with Crippen molar-refractivity contribution in [3.8, 4) is 33.4 Å². The molecule has 0 saturated heterocycles. The molecule has 43 heavy (non-hydrogen) atoms. The lowest BCUT2D eigenvalue weighted by Gasteiger charge is -2.13. The molecule has 0 aliphatic carbocycles. The zero-order valence-corrected chi connectivity index (χ0v) is 25.3. The number of allylic oxidation sites excluding steroid dienone is 2. The van der Waals surface area contributed by atoms with Gasteiger partial charge in [-0.25, -0.2) is 0 Å². The van der Waals surface area contributed by atoms with Gasteiger partial charge in [0.05, 0.1) is 0 Å². The third-order valence-corrected chi connectivity index (χ3v) is 8.99. The van der Waals surface area contributed by atoms with Crippen LogP contribution in [-0.2, 0) is 0 Å². The topological polar surface area (TPSA) is 42.6 Å². The Balaban J connectivity index is 1.63. The molecule has 0 bridgehead atoms. The standard InChI is InChI=1S/C39H31NO2S/c1-6-12-30-31-18-16-25(23-38(31)43-37(30)9-4)27-21-32(39-28(8-3)35(13-7-2)42-36(39)22-27)26-17-19-34(40-41)33(20-26)29-15-11-10-14-24(29)5/h6-23H,3-4H2,1-2,5H3/b12-6-,13-7-. The summed E-state index contributed by atoms with van der Waals surface area (Å²) in [6.07, 6.45) is 11.9. The van der Waals surface area contributed by atoms with Gasteiger partial charge in [-0.15, -0.1) is 16.2 Å². The first kappa shape index (κ1) is 28.1. The highest BCUT2D eigenvalue weighted by Gasteiger charge is 2.19. The van der Waals surface area contributed by atoms with Crippen LogP contribution in [0.3, 0.4) is 0 Å². The van der Waals surface area contributed by atoms with Gasteiger partial charge in [-0.1, -0.05) is 86.0 Å². The molecule has 0 atom stereocenters. The van der Waals surface area contributed by atoms with Gasteiger partial charge in [0, 0.05) is 31.5 Å². The van der Waals surface area contributed by atoms with Gasteiger partial charge in [-0.05, 0) is 101 Å². The van der Waals surface area contributed by atoms with Crippen molar-refractivity contribution in [2.45, 2.75) is 20.8 Å². The Hall–Kier alpha value is -5.06. The second kappa shape index (κ2) is 11.7. The molecule has 0 aliphatic heterocycles. The minimum Gasteiger partial charge on any atom is -0.456 e. The molecule has 6 rings (SSSR count). The third kappa shape index (κ3) is 4.90. The minimum atomic E-state index is 0.411. The first-order valence-corrected chi connectivity index (χ1v) is 15.0. The number of thiophene rings is 1. The molecule has 0 amide bonds. The molecule has 0 unspecified atom stereocenters. The molecule has 4 heteroatoms. The predicted octanol–water partition coefficient (Wildman–Crippen LogP) is 12.7. The zero-order valence-electron chi connectivity index (χ0n) is 24.5. The molecule has 3 nitrogen and oxygen atoms in total. The molecule has 0 aliphatic rings. The van der Waals surface area contributed by atoms with E-state index in [1.807, 2.05) is 75.4 Å². The van der Waals surface area contributed by atoms with Gasteiger partial charge < -0.3 is 4.42 Å². The Labute approximate surface area is 255 Å². The van der Waals surface area contributed by atoms with Gasteiger partial charge in [0.1, 0.15) is 17.0 Å². The van der Waals surface area contributed by atoms with Gasteiger partial charge in [0.15, 0.2) is 0 Å². The highest BCUT2D eigenvalue weighted by atomic mass is 32.1. The molecular weight excluding hydrogens is 547 g/mol. The van der Waals surface area contributed by atoms with E-state index in [1.54, 1.807) is 17.4 Å². The molecule has 0 fully saturated rings. The number of nitrogens with zero attached hydrogens (tertiary/aromatic N) is 1. The SMILES string of the molecule is C=Cc1sc2cc(-c3cc(-c4ccc(N=O)c(-c5ccccc5C)c4)c4c(C=C)c(/C=C\C)oc4c3)ccc2c1/C=C\C. The lowest BCUT2D eigenvalue weighted by molar-refractivity contribution is 0.603. The normalized spacial score (nSPS) is 11.7. The van der Waals surface area contributed by atoms with Crippen molar-refractivity contribution < 1.29 is 4.42 Å². The van der Waals surface area contributed by atoms with Crippen LogP contribution in [0, 0.1) is 11.8 Å². The second-order valence-electron chi connectivity index (χ2n) is 10.4. The summed E-state index contributed by atoms with van der Waals surface area (Å²) >= 11 is 1.74. The van der Waals surface area contributed by atoms with Crippen LogP contribution in [0.4, 0.5) is 5.69 Å². The van der Waals surface area contributed by atoms with Crippen molar-refractivity contribution in [1.82, 2.24) is 0 Å². The van der Waals surface area contributed by atoms with E-state index in [0.717, 1.165) is 66.1 Å². The summed E-state index contributed by atoms with van der Waals surface area (Å²) < 4.78 is 7.65. The first-order valence-electron chi connectivity index (χ1n) is 14.2. The van der Waals surface area contributed by atoms with Gasteiger partial charge in [0.2, 0.25) is 0 Å². The number of fused-ring (bicyclic) bond motifs is 2. The maximum Gasteiger partial charge on any atom is 0.136 e. The molecule has 0 spiro atoms. The van der Waals surface area contributed by atoms with Gasteiger partial charge in [-0.2, -0.15) is 0 Å². The summed E-state index contributed by atoms with van der Waals surface area (Å²) in [4.78, 5) is 13.0. The van der Waals surface area contributed by atoms with Crippen LogP contribution in [-0.4, -0.2) is 0 Å². The van der Waals surface area contributed by atoms with Crippen molar-refractivity contribution in [1.29, 1.82) is 0 Å². The summed E-state index contributed by atoms with van der Waals surface area (Å²) in [5.41, 5.74) is 10.3. The molecule has 6 aromatic rings. The number of nitroso groups, excluding NO2 is 1. The molecule has 2 heterocycles. The van der Waals surface area contributed by atoms with E-state index >= 15 is 0 Å². The van der Waals surface area contributed by atoms with E-state index in [1.165, 1.54) is 15.6 Å². The highest BCUT2D eigenvalue weighted by molar-refractivity contribution is 7.20. The lowest BCUT2D eigenvalue weighted by atomic mass is 9.90. The number of rotatable bonds is 8. The molecule has 0 saturated carbocycles. The zero-order chi connectivity index (χ0) is 30.1. The number of furan rings is 1. The Morgan fingerprint density at radius 2 is 1.53 bits per heavy atom. The van der Waals surface area contributed by atoms with Gasteiger partial charge >= 0.3 is 0 Å². The first-order chi connectivity index (χ1) is 21.0. The molecule has 210 valence electrons. The van der Waals surface area contributed by atoms with E-state index in [9.17, 15) is 4.91 Å². The molecule has 4 aromatic carbocycles. The molecule has 0 radical (unpaired) electrons. The molecule has 0 N–H and O–H groups in total. The number of aryl methyl sites for hydroxylation is 1. The van der Waals surface area contributed by atoms with Crippen molar-refractivity contribution in [2.24, 2.45) is 5.18 Å². The largest absolute Gasteiger partial charge is 0.456 e. The predicted molar refractivity (Wildman–Crippen MR) is 188 cm³/mol. The van der Waals surface area contributed by atoms with Crippen LogP contribution in [0.25, 0.3) is 78.7 Å². The maximum atomic E-state index is 11.9. The summed E-state index contributed by atoms with van der Waals surface area (Å²) in [5.74, 6) is 0.761. The maximum absolute atomic E-state index is 11.9. The summed E-state index contributed by atoms with van der Waals surface area (Å²) in [6, 6.07) is 24.8. The Morgan fingerprint density at radius 1 is 0.767 bits per heavy atom. The number of hydrogen-bond acceptors (Lipinski definition) is 4.